The Hall–Kier alpha value is -3.03. The lowest BCUT2D eigenvalue weighted by Crippen LogP contribution is -2.49. The molecule has 0 bridgehead atoms. The number of carbonyl (C=O) groups excluding carboxylic acids is 2. The number of nitrogens with one attached hydrogen (secondary N) is 2. The van der Waals surface area contributed by atoms with Crippen molar-refractivity contribution in [3.63, 3.8) is 0 Å². The molecule has 0 aliphatic carbocycles. The second kappa shape index (κ2) is 8.77. The van der Waals surface area contributed by atoms with Crippen LogP contribution in [0.2, 0.25) is 0 Å². The number of halogens is 1. The van der Waals surface area contributed by atoms with E-state index in [9.17, 15) is 14.0 Å². The summed E-state index contributed by atoms with van der Waals surface area (Å²) in [5, 5.41) is 3.75. The Labute approximate surface area is 174 Å². The maximum atomic E-state index is 13.0. The molecule has 7 heteroatoms. The van der Waals surface area contributed by atoms with Crippen molar-refractivity contribution in [1.29, 1.82) is 0 Å². The SMILES string of the molecule is Cc1[nH]c2ccccc2c1C(=O)CN1CCN(CC(=O)Nc2ccc(F)cc2)CC1. The molecule has 0 unspecified atom stereocenters. The smallest absolute Gasteiger partial charge is 0.238 e. The van der Waals surface area contributed by atoms with Crippen molar-refractivity contribution >= 4 is 28.3 Å². The first-order valence-corrected chi connectivity index (χ1v) is 10.1. The molecule has 2 aromatic carbocycles. The summed E-state index contributed by atoms with van der Waals surface area (Å²) in [7, 11) is 0. The van der Waals surface area contributed by atoms with Gasteiger partial charge in [0.15, 0.2) is 5.78 Å². The van der Waals surface area contributed by atoms with Gasteiger partial charge >= 0.3 is 0 Å². The highest BCUT2D eigenvalue weighted by atomic mass is 19.1. The Morgan fingerprint density at radius 3 is 2.30 bits per heavy atom. The molecule has 4 rings (SSSR count). The lowest BCUT2D eigenvalue weighted by atomic mass is 10.1. The molecule has 30 heavy (non-hydrogen) atoms. The largest absolute Gasteiger partial charge is 0.358 e. The van der Waals surface area contributed by atoms with Crippen molar-refractivity contribution in [1.82, 2.24) is 14.8 Å². The highest BCUT2D eigenvalue weighted by molar-refractivity contribution is 6.10. The molecule has 2 heterocycles. The minimum absolute atomic E-state index is 0.118. The van der Waals surface area contributed by atoms with Gasteiger partial charge < -0.3 is 10.3 Å². The van der Waals surface area contributed by atoms with Gasteiger partial charge in [-0.1, -0.05) is 18.2 Å². The highest BCUT2D eigenvalue weighted by Gasteiger charge is 2.23. The summed E-state index contributed by atoms with van der Waals surface area (Å²) in [5.41, 5.74) is 3.24. The van der Waals surface area contributed by atoms with Crippen molar-refractivity contribution in [3.05, 3.63) is 65.6 Å². The van der Waals surface area contributed by atoms with Crippen LogP contribution in [-0.4, -0.2) is 65.7 Å². The summed E-state index contributed by atoms with van der Waals surface area (Å²) in [6.07, 6.45) is 0. The average Bonchev–Trinajstić information content (AvgIpc) is 3.07. The van der Waals surface area contributed by atoms with E-state index in [1.165, 1.54) is 12.1 Å². The summed E-state index contributed by atoms with van der Waals surface area (Å²) in [5.74, 6) is -0.338. The molecule has 1 aromatic heterocycles. The van der Waals surface area contributed by atoms with Crippen molar-refractivity contribution in [2.24, 2.45) is 0 Å². The summed E-state index contributed by atoms with van der Waals surface area (Å²) in [6.45, 7) is 5.49. The lowest BCUT2D eigenvalue weighted by Gasteiger charge is -2.33. The van der Waals surface area contributed by atoms with Crippen LogP contribution in [0.25, 0.3) is 10.9 Å². The summed E-state index contributed by atoms with van der Waals surface area (Å²) < 4.78 is 13.0. The number of piperazine rings is 1. The number of hydrogen-bond acceptors (Lipinski definition) is 4. The number of aryl methyl sites for hydroxylation is 1. The number of benzene rings is 2. The molecule has 3 aromatic rings. The number of Topliss-reactive ketones (excluding diaryl/α,β-unsaturated/α-hetero) is 1. The van der Waals surface area contributed by atoms with Gasteiger partial charge in [0.25, 0.3) is 0 Å². The van der Waals surface area contributed by atoms with Crippen LogP contribution in [0.5, 0.6) is 0 Å². The van der Waals surface area contributed by atoms with E-state index >= 15 is 0 Å². The quantitative estimate of drug-likeness (QED) is 0.615. The summed E-state index contributed by atoms with van der Waals surface area (Å²) >= 11 is 0. The van der Waals surface area contributed by atoms with Crippen LogP contribution < -0.4 is 5.32 Å². The predicted molar refractivity (Wildman–Crippen MR) is 115 cm³/mol. The number of rotatable bonds is 6. The minimum Gasteiger partial charge on any atom is -0.358 e. The molecular weight excluding hydrogens is 383 g/mol. The number of amides is 1. The van der Waals surface area contributed by atoms with Gasteiger partial charge in [0.05, 0.1) is 13.1 Å². The second-order valence-electron chi connectivity index (χ2n) is 7.70. The van der Waals surface area contributed by atoms with E-state index in [0.29, 0.717) is 12.2 Å². The van der Waals surface area contributed by atoms with Crippen molar-refractivity contribution in [2.75, 3.05) is 44.6 Å². The average molecular weight is 408 g/mol. The lowest BCUT2D eigenvalue weighted by molar-refractivity contribution is -0.117. The zero-order valence-corrected chi connectivity index (χ0v) is 17.0. The zero-order valence-electron chi connectivity index (χ0n) is 17.0. The monoisotopic (exact) mass is 408 g/mol. The number of nitrogens with zero attached hydrogens (tertiary/aromatic N) is 2. The van der Waals surface area contributed by atoms with Crippen LogP contribution in [0.15, 0.2) is 48.5 Å². The number of hydrogen-bond donors (Lipinski definition) is 2. The van der Waals surface area contributed by atoms with E-state index in [-0.39, 0.29) is 24.1 Å². The maximum Gasteiger partial charge on any atom is 0.238 e. The van der Waals surface area contributed by atoms with Crippen LogP contribution in [0.4, 0.5) is 10.1 Å². The number of para-hydroxylation sites is 1. The van der Waals surface area contributed by atoms with Crippen molar-refractivity contribution in [3.8, 4) is 0 Å². The van der Waals surface area contributed by atoms with Gasteiger partial charge in [-0.25, -0.2) is 4.39 Å². The molecule has 1 aliphatic rings. The van der Waals surface area contributed by atoms with Gasteiger partial charge in [-0.05, 0) is 37.3 Å². The Bertz CT molecular complexity index is 1050. The number of carbonyl (C=O) groups is 2. The van der Waals surface area contributed by atoms with Gasteiger partial charge in [0.1, 0.15) is 5.82 Å². The van der Waals surface area contributed by atoms with Gasteiger partial charge in [-0.15, -0.1) is 0 Å². The summed E-state index contributed by atoms with van der Waals surface area (Å²) in [6, 6.07) is 13.6. The molecule has 1 saturated heterocycles. The molecule has 6 nitrogen and oxygen atoms in total. The van der Waals surface area contributed by atoms with Crippen molar-refractivity contribution < 1.29 is 14.0 Å². The van der Waals surface area contributed by atoms with Crippen LogP contribution >= 0.6 is 0 Å². The Morgan fingerprint density at radius 1 is 0.967 bits per heavy atom. The fourth-order valence-corrected chi connectivity index (χ4v) is 3.96. The third-order valence-electron chi connectivity index (χ3n) is 5.50. The normalized spacial score (nSPS) is 15.4. The minimum atomic E-state index is -0.332. The molecule has 0 saturated carbocycles. The van der Waals surface area contributed by atoms with E-state index in [0.717, 1.165) is 48.3 Å². The molecule has 1 fully saturated rings. The molecule has 0 radical (unpaired) electrons. The highest BCUT2D eigenvalue weighted by Crippen LogP contribution is 2.22. The molecule has 2 N–H and O–H groups in total. The number of anilines is 1. The second-order valence-corrected chi connectivity index (χ2v) is 7.70. The third kappa shape index (κ3) is 4.58. The Morgan fingerprint density at radius 2 is 1.60 bits per heavy atom. The third-order valence-corrected chi connectivity index (χ3v) is 5.50. The first-order valence-electron chi connectivity index (χ1n) is 10.1. The Kier molecular flexibility index (Phi) is 5.92. The molecule has 0 atom stereocenters. The maximum absolute atomic E-state index is 13.0. The van der Waals surface area contributed by atoms with Gasteiger partial charge in [0, 0.05) is 54.0 Å². The topological polar surface area (TPSA) is 68.4 Å². The first-order chi connectivity index (χ1) is 14.5. The van der Waals surface area contributed by atoms with Crippen LogP contribution in [0.1, 0.15) is 16.1 Å². The van der Waals surface area contributed by atoms with E-state index in [1.807, 2.05) is 31.2 Å². The number of ketones is 1. The number of H-pyrrole nitrogens is 1. The van der Waals surface area contributed by atoms with Crippen LogP contribution in [0.3, 0.4) is 0 Å². The number of aromatic amines is 1. The van der Waals surface area contributed by atoms with Crippen molar-refractivity contribution in [2.45, 2.75) is 6.92 Å². The summed E-state index contributed by atoms with van der Waals surface area (Å²) in [4.78, 5) is 32.6. The molecule has 1 amide bonds. The fraction of sp³-hybridized carbons (Fsp3) is 0.304. The van der Waals surface area contributed by atoms with Gasteiger partial charge in [-0.2, -0.15) is 0 Å². The van der Waals surface area contributed by atoms with Crippen LogP contribution in [0, 0.1) is 12.7 Å². The molecule has 156 valence electrons. The van der Waals surface area contributed by atoms with E-state index in [1.54, 1.807) is 12.1 Å². The van der Waals surface area contributed by atoms with Gasteiger partial charge in [-0.3, -0.25) is 19.4 Å². The molecule has 1 aliphatic heterocycles. The first kappa shape index (κ1) is 20.3. The standard InChI is InChI=1S/C23H25FN4O2/c1-16-23(19-4-2-3-5-20(19)25-16)21(29)14-27-10-12-28(13-11-27)15-22(30)26-18-8-6-17(24)7-9-18/h2-9,25H,10-15H2,1H3,(H,26,30). The Balaban J connectivity index is 1.28. The fourth-order valence-electron chi connectivity index (χ4n) is 3.96. The van der Waals surface area contributed by atoms with E-state index < -0.39 is 0 Å². The zero-order chi connectivity index (χ0) is 21.1. The number of fused-ring (bicyclic) bond motifs is 1. The number of aromatic nitrogens is 1. The molecular formula is C23H25FN4O2. The predicted octanol–water partition coefficient (Wildman–Crippen LogP) is 3.05. The van der Waals surface area contributed by atoms with E-state index in [4.69, 9.17) is 0 Å². The van der Waals surface area contributed by atoms with E-state index in [2.05, 4.69) is 20.1 Å². The molecule has 0 spiro atoms. The van der Waals surface area contributed by atoms with Gasteiger partial charge in [0.2, 0.25) is 5.91 Å². The van der Waals surface area contributed by atoms with Crippen LogP contribution in [-0.2, 0) is 4.79 Å².